The van der Waals surface area contributed by atoms with Crippen LogP contribution in [0, 0.1) is 5.92 Å². The molecule has 0 amide bonds. The molecule has 3 heteroatoms. The van der Waals surface area contributed by atoms with Crippen molar-refractivity contribution in [2.45, 2.75) is 44.8 Å². The third-order valence-electron chi connectivity index (χ3n) is 3.95. The summed E-state index contributed by atoms with van der Waals surface area (Å²) in [6.45, 7) is 7.92. The molecule has 0 radical (unpaired) electrons. The largest absolute Gasteiger partial charge is 0.306 e. The zero-order chi connectivity index (χ0) is 11.8. The van der Waals surface area contributed by atoms with Crippen molar-refractivity contribution in [1.82, 2.24) is 9.80 Å². The molecule has 2 rings (SSSR count). The lowest BCUT2D eigenvalue weighted by atomic mass is 9.84. The Kier molecular flexibility index (Phi) is 3.55. The van der Waals surface area contributed by atoms with E-state index in [4.69, 9.17) is 0 Å². The highest BCUT2D eigenvalue weighted by atomic mass is 19.1. The van der Waals surface area contributed by atoms with Crippen LogP contribution in [0.1, 0.15) is 33.1 Å². The molecule has 2 fully saturated rings. The second-order valence-corrected chi connectivity index (χ2v) is 6.19. The summed E-state index contributed by atoms with van der Waals surface area (Å²) in [5, 5.41) is 0. The lowest BCUT2D eigenvalue weighted by molar-refractivity contribution is -0.0785. The second kappa shape index (κ2) is 4.61. The molecule has 0 atom stereocenters. The summed E-state index contributed by atoms with van der Waals surface area (Å²) in [5.74, 6) is 0.477. The molecular formula is C13H25FN2. The van der Waals surface area contributed by atoms with E-state index in [0.717, 1.165) is 6.42 Å². The van der Waals surface area contributed by atoms with Crippen molar-refractivity contribution in [3.05, 3.63) is 0 Å². The minimum Gasteiger partial charge on any atom is -0.306 e. The summed E-state index contributed by atoms with van der Waals surface area (Å²) in [6, 6.07) is 0.646. The van der Waals surface area contributed by atoms with Crippen LogP contribution < -0.4 is 0 Å². The Hall–Kier alpha value is -0.150. The van der Waals surface area contributed by atoms with E-state index in [2.05, 4.69) is 30.7 Å². The lowest BCUT2D eigenvalue weighted by Gasteiger charge is -2.50. The first-order valence-electron chi connectivity index (χ1n) is 6.60. The van der Waals surface area contributed by atoms with Gasteiger partial charge >= 0.3 is 0 Å². The van der Waals surface area contributed by atoms with Crippen LogP contribution in [0.15, 0.2) is 0 Å². The second-order valence-electron chi connectivity index (χ2n) is 6.19. The predicted molar refractivity (Wildman–Crippen MR) is 65.4 cm³/mol. The van der Waals surface area contributed by atoms with Gasteiger partial charge in [0.05, 0.1) is 0 Å². The van der Waals surface area contributed by atoms with Gasteiger partial charge in [-0.15, -0.1) is 0 Å². The van der Waals surface area contributed by atoms with Crippen LogP contribution in [0.25, 0.3) is 0 Å². The predicted octanol–water partition coefficient (Wildman–Crippen LogP) is 2.15. The zero-order valence-electron chi connectivity index (χ0n) is 10.9. The molecule has 0 aromatic rings. The molecule has 2 saturated heterocycles. The first-order chi connectivity index (χ1) is 7.48. The van der Waals surface area contributed by atoms with Crippen LogP contribution in [-0.4, -0.2) is 54.7 Å². The van der Waals surface area contributed by atoms with Crippen molar-refractivity contribution in [2.75, 3.05) is 33.2 Å². The van der Waals surface area contributed by atoms with E-state index in [1.165, 1.54) is 25.9 Å². The summed E-state index contributed by atoms with van der Waals surface area (Å²) in [4.78, 5) is 4.72. The molecule has 0 spiro atoms. The average Bonchev–Trinajstić information content (AvgIpc) is 2.14. The number of nitrogens with zero attached hydrogens (tertiary/aromatic N) is 2. The number of hydrogen-bond acceptors (Lipinski definition) is 2. The molecule has 2 heterocycles. The Morgan fingerprint density at radius 2 is 1.81 bits per heavy atom. The van der Waals surface area contributed by atoms with Crippen molar-refractivity contribution >= 4 is 0 Å². The Bertz CT molecular complexity index is 228. The quantitative estimate of drug-likeness (QED) is 0.730. The molecule has 0 aromatic heterocycles. The SMILES string of the molecule is CC(C)CC1(F)CN(C2CCN(C)CC2)C1. The Labute approximate surface area is 98.8 Å². The van der Waals surface area contributed by atoms with Crippen LogP contribution in [-0.2, 0) is 0 Å². The third-order valence-corrected chi connectivity index (χ3v) is 3.95. The molecule has 0 saturated carbocycles. The molecule has 2 nitrogen and oxygen atoms in total. The number of halogens is 1. The van der Waals surface area contributed by atoms with E-state index in [0.29, 0.717) is 25.0 Å². The van der Waals surface area contributed by atoms with Gasteiger partial charge in [0, 0.05) is 19.1 Å². The molecule has 2 aliphatic rings. The molecule has 0 unspecified atom stereocenters. The smallest absolute Gasteiger partial charge is 0.136 e. The Balaban J connectivity index is 1.75. The first kappa shape index (κ1) is 12.3. The monoisotopic (exact) mass is 228 g/mol. The van der Waals surface area contributed by atoms with Crippen LogP contribution in [0.2, 0.25) is 0 Å². The van der Waals surface area contributed by atoms with Gasteiger partial charge in [-0.25, -0.2) is 4.39 Å². The molecule has 16 heavy (non-hydrogen) atoms. The number of rotatable bonds is 3. The number of likely N-dealkylation sites (tertiary alicyclic amines) is 2. The van der Waals surface area contributed by atoms with Gasteiger partial charge in [0.15, 0.2) is 0 Å². The number of piperidine rings is 1. The van der Waals surface area contributed by atoms with Crippen LogP contribution >= 0.6 is 0 Å². The maximum Gasteiger partial charge on any atom is 0.136 e. The maximum atomic E-state index is 14.2. The average molecular weight is 228 g/mol. The van der Waals surface area contributed by atoms with Crippen molar-refractivity contribution in [3.63, 3.8) is 0 Å². The van der Waals surface area contributed by atoms with Crippen LogP contribution in [0.3, 0.4) is 0 Å². The molecular weight excluding hydrogens is 203 g/mol. The van der Waals surface area contributed by atoms with Crippen molar-refractivity contribution in [1.29, 1.82) is 0 Å². The molecule has 0 aliphatic carbocycles. The van der Waals surface area contributed by atoms with Gasteiger partial charge in [0.25, 0.3) is 0 Å². The summed E-state index contributed by atoms with van der Waals surface area (Å²) in [5.41, 5.74) is -0.877. The fourth-order valence-electron chi connectivity index (χ4n) is 3.16. The molecule has 2 aliphatic heterocycles. The minimum absolute atomic E-state index is 0.477. The van der Waals surface area contributed by atoms with E-state index < -0.39 is 5.67 Å². The van der Waals surface area contributed by atoms with Crippen LogP contribution in [0.4, 0.5) is 4.39 Å². The molecule has 0 N–H and O–H groups in total. The van der Waals surface area contributed by atoms with Gasteiger partial charge in [-0.2, -0.15) is 0 Å². The summed E-state index contributed by atoms with van der Waals surface area (Å²) in [7, 11) is 2.17. The van der Waals surface area contributed by atoms with Gasteiger partial charge < -0.3 is 4.90 Å². The van der Waals surface area contributed by atoms with Gasteiger partial charge in [-0.1, -0.05) is 13.8 Å². The van der Waals surface area contributed by atoms with Crippen molar-refractivity contribution < 1.29 is 4.39 Å². The van der Waals surface area contributed by atoms with Crippen LogP contribution in [0.5, 0.6) is 0 Å². The van der Waals surface area contributed by atoms with E-state index in [1.807, 2.05) is 0 Å². The van der Waals surface area contributed by atoms with Gasteiger partial charge in [-0.05, 0) is 45.3 Å². The number of alkyl halides is 1. The highest BCUT2D eigenvalue weighted by molar-refractivity contribution is 4.99. The summed E-state index contributed by atoms with van der Waals surface area (Å²) >= 11 is 0. The Morgan fingerprint density at radius 1 is 1.25 bits per heavy atom. The fraction of sp³-hybridized carbons (Fsp3) is 1.00. The fourth-order valence-corrected chi connectivity index (χ4v) is 3.16. The minimum atomic E-state index is -0.877. The first-order valence-corrected chi connectivity index (χ1v) is 6.60. The lowest BCUT2D eigenvalue weighted by Crippen LogP contribution is -2.63. The van der Waals surface area contributed by atoms with E-state index >= 15 is 0 Å². The summed E-state index contributed by atoms with van der Waals surface area (Å²) in [6.07, 6.45) is 3.17. The standard InChI is InChI=1S/C13H25FN2/c1-11(2)8-13(14)9-16(10-13)12-4-6-15(3)7-5-12/h11-12H,4-10H2,1-3H3. The molecule has 0 aromatic carbocycles. The highest BCUT2D eigenvalue weighted by Crippen LogP contribution is 2.35. The van der Waals surface area contributed by atoms with E-state index in [9.17, 15) is 4.39 Å². The van der Waals surface area contributed by atoms with Crippen molar-refractivity contribution in [3.8, 4) is 0 Å². The third kappa shape index (κ3) is 2.75. The zero-order valence-corrected chi connectivity index (χ0v) is 10.9. The van der Waals surface area contributed by atoms with Gasteiger partial charge in [0.2, 0.25) is 0 Å². The topological polar surface area (TPSA) is 6.48 Å². The van der Waals surface area contributed by atoms with Gasteiger partial charge in [-0.3, -0.25) is 4.90 Å². The molecule has 94 valence electrons. The molecule has 0 bridgehead atoms. The van der Waals surface area contributed by atoms with E-state index in [1.54, 1.807) is 0 Å². The Morgan fingerprint density at radius 3 is 2.31 bits per heavy atom. The van der Waals surface area contributed by atoms with Gasteiger partial charge in [0.1, 0.15) is 5.67 Å². The van der Waals surface area contributed by atoms with Crippen molar-refractivity contribution in [2.24, 2.45) is 5.92 Å². The number of hydrogen-bond donors (Lipinski definition) is 0. The normalized spacial score (nSPS) is 28.3. The maximum absolute atomic E-state index is 14.2. The summed E-state index contributed by atoms with van der Waals surface area (Å²) < 4.78 is 14.2. The highest BCUT2D eigenvalue weighted by Gasteiger charge is 2.46. The van der Waals surface area contributed by atoms with E-state index in [-0.39, 0.29) is 0 Å².